The van der Waals surface area contributed by atoms with Crippen LogP contribution >= 0.6 is 0 Å². The molecule has 2 aromatic carbocycles. The minimum absolute atomic E-state index is 0.205. The summed E-state index contributed by atoms with van der Waals surface area (Å²) in [7, 11) is 0. The van der Waals surface area contributed by atoms with Crippen LogP contribution in [0.15, 0.2) is 30.3 Å². The standard InChI is InChI=1S/C15H8O2/c1-3-10-5-7-12-11(4-2)6-8-13(15(16)17)14(12)9-10/h1-2,5-9H,(H,16,17). The quantitative estimate of drug-likeness (QED) is 0.750. The first-order chi connectivity index (χ1) is 8.17. The van der Waals surface area contributed by atoms with E-state index in [0.29, 0.717) is 16.5 Å². The highest BCUT2D eigenvalue weighted by molar-refractivity contribution is 6.05. The molecule has 0 spiro atoms. The van der Waals surface area contributed by atoms with Gasteiger partial charge in [-0.3, -0.25) is 0 Å². The molecule has 0 saturated carbocycles. The third-order valence-electron chi connectivity index (χ3n) is 2.57. The number of hydrogen-bond acceptors (Lipinski definition) is 1. The number of carbonyl (C=O) groups is 1. The van der Waals surface area contributed by atoms with E-state index in [4.69, 9.17) is 18.0 Å². The number of carboxylic acid groups (broad SMARTS) is 1. The minimum Gasteiger partial charge on any atom is -0.478 e. The van der Waals surface area contributed by atoms with Gasteiger partial charge >= 0.3 is 5.97 Å². The van der Waals surface area contributed by atoms with Crippen LogP contribution in [0.2, 0.25) is 0 Å². The highest BCUT2D eigenvalue weighted by Crippen LogP contribution is 2.23. The zero-order valence-electron chi connectivity index (χ0n) is 8.90. The monoisotopic (exact) mass is 220 g/mol. The van der Waals surface area contributed by atoms with Gasteiger partial charge in [-0.25, -0.2) is 4.79 Å². The van der Waals surface area contributed by atoms with E-state index in [0.717, 1.165) is 5.39 Å². The molecule has 0 unspecified atom stereocenters. The topological polar surface area (TPSA) is 37.3 Å². The summed E-state index contributed by atoms with van der Waals surface area (Å²) in [4.78, 5) is 11.1. The van der Waals surface area contributed by atoms with E-state index in [1.165, 1.54) is 6.07 Å². The van der Waals surface area contributed by atoms with E-state index >= 15 is 0 Å². The van der Waals surface area contributed by atoms with Crippen LogP contribution in [-0.2, 0) is 0 Å². The van der Waals surface area contributed by atoms with Gasteiger partial charge in [-0.1, -0.05) is 17.9 Å². The van der Waals surface area contributed by atoms with Crippen molar-refractivity contribution in [1.82, 2.24) is 0 Å². The van der Waals surface area contributed by atoms with Gasteiger partial charge in [0.1, 0.15) is 0 Å². The van der Waals surface area contributed by atoms with Crippen molar-refractivity contribution in [2.24, 2.45) is 0 Å². The predicted octanol–water partition coefficient (Wildman–Crippen LogP) is 2.50. The van der Waals surface area contributed by atoms with Crippen LogP contribution in [0.25, 0.3) is 10.8 Å². The molecule has 2 rings (SSSR count). The van der Waals surface area contributed by atoms with Crippen molar-refractivity contribution < 1.29 is 9.90 Å². The Kier molecular flexibility index (Phi) is 2.57. The Morgan fingerprint density at radius 3 is 2.41 bits per heavy atom. The SMILES string of the molecule is C#Cc1ccc2c(C#C)ccc(C(=O)O)c2c1. The number of rotatable bonds is 1. The highest BCUT2D eigenvalue weighted by Gasteiger charge is 2.10. The molecule has 0 saturated heterocycles. The maximum atomic E-state index is 11.1. The molecule has 2 nitrogen and oxygen atoms in total. The van der Waals surface area contributed by atoms with E-state index in [1.807, 2.05) is 0 Å². The van der Waals surface area contributed by atoms with Gasteiger partial charge in [0, 0.05) is 11.1 Å². The van der Waals surface area contributed by atoms with Gasteiger partial charge in [-0.15, -0.1) is 12.8 Å². The van der Waals surface area contributed by atoms with Gasteiger partial charge < -0.3 is 5.11 Å². The zero-order chi connectivity index (χ0) is 12.4. The second-order valence-electron chi connectivity index (χ2n) is 3.51. The lowest BCUT2D eigenvalue weighted by molar-refractivity contribution is 0.0699. The van der Waals surface area contributed by atoms with Crippen LogP contribution in [0.1, 0.15) is 21.5 Å². The van der Waals surface area contributed by atoms with Crippen LogP contribution in [0.3, 0.4) is 0 Å². The zero-order valence-corrected chi connectivity index (χ0v) is 8.90. The van der Waals surface area contributed by atoms with Crippen molar-refractivity contribution in [3.05, 3.63) is 47.0 Å². The first-order valence-electron chi connectivity index (χ1n) is 4.90. The summed E-state index contributed by atoms with van der Waals surface area (Å²) >= 11 is 0. The van der Waals surface area contributed by atoms with Gasteiger partial charge in [-0.2, -0.15) is 0 Å². The molecule has 2 heteroatoms. The number of carboxylic acids is 1. The van der Waals surface area contributed by atoms with E-state index < -0.39 is 5.97 Å². The normalized spacial score (nSPS) is 9.53. The molecule has 0 bridgehead atoms. The fourth-order valence-corrected chi connectivity index (χ4v) is 1.75. The van der Waals surface area contributed by atoms with Crippen molar-refractivity contribution in [2.75, 3.05) is 0 Å². The second-order valence-corrected chi connectivity index (χ2v) is 3.51. The minimum atomic E-state index is -0.993. The van der Waals surface area contributed by atoms with Crippen molar-refractivity contribution in [3.63, 3.8) is 0 Å². The van der Waals surface area contributed by atoms with Crippen LogP contribution < -0.4 is 0 Å². The summed E-state index contributed by atoms with van der Waals surface area (Å²) in [6.45, 7) is 0. The fraction of sp³-hybridized carbons (Fsp3) is 0. The largest absolute Gasteiger partial charge is 0.478 e. The van der Waals surface area contributed by atoms with Crippen molar-refractivity contribution in [2.45, 2.75) is 0 Å². The molecular formula is C15H8O2. The summed E-state index contributed by atoms with van der Waals surface area (Å²) in [5.41, 5.74) is 1.50. The summed E-state index contributed by atoms with van der Waals surface area (Å²) in [5, 5.41) is 10.4. The second kappa shape index (κ2) is 4.04. The average Bonchev–Trinajstić information content (AvgIpc) is 2.36. The first kappa shape index (κ1) is 10.8. The molecule has 0 atom stereocenters. The maximum Gasteiger partial charge on any atom is 0.336 e. The van der Waals surface area contributed by atoms with Gasteiger partial charge in [0.2, 0.25) is 0 Å². The predicted molar refractivity (Wildman–Crippen MR) is 66.8 cm³/mol. The summed E-state index contributed by atoms with van der Waals surface area (Å²) in [5.74, 6) is 4.01. The summed E-state index contributed by atoms with van der Waals surface area (Å²) in [6, 6.07) is 8.29. The molecule has 80 valence electrons. The van der Waals surface area contributed by atoms with Gasteiger partial charge in [0.15, 0.2) is 0 Å². The lowest BCUT2D eigenvalue weighted by Gasteiger charge is -2.05. The third kappa shape index (κ3) is 1.73. The lowest BCUT2D eigenvalue weighted by Crippen LogP contribution is -1.98. The summed E-state index contributed by atoms with van der Waals surface area (Å²) < 4.78 is 0. The molecule has 1 N–H and O–H groups in total. The molecule has 0 radical (unpaired) electrons. The van der Waals surface area contributed by atoms with Crippen LogP contribution in [0.5, 0.6) is 0 Å². The molecule has 2 aromatic rings. The number of fused-ring (bicyclic) bond motifs is 1. The number of hydrogen-bond donors (Lipinski definition) is 1. The molecule has 0 amide bonds. The smallest absolute Gasteiger partial charge is 0.336 e. The Hall–Kier alpha value is -2.71. The summed E-state index contributed by atoms with van der Waals surface area (Å²) in [6.07, 6.45) is 10.7. The Bertz CT molecular complexity index is 697. The Labute approximate surface area is 98.9 Å². The van der Waals surface area contributed by atoms with Crippen LogP contribution in [-0.4, -0.2) is 11.1 Å². The van der Waals surface area contributed by atoms with Gasteiger partial charge in [0.05, 0.1) is 5.56 Å². The Balaban J connectivity index is 2.93. The first-order valence-corrected chi connectivity index (χ1v) is 4.90. The molecule has 0 aliphatic heterocycles. The number of terminal acetylenes is 2. The van der Waals surface area contributed by atoms with Crippen LogP contribution in [0, 0.1) is 24.7 Å². The molecule has 0 aliphatic carbocycles. The number of aromatic carboxylic acids is 1. The average molecular weight is 220 g/mol. The van der Waals surface area contributed by atoms with Crippen molar-refractivity contribution >= 4 is 16.7 Å². The molecule has 0 heterocycles. The van der Waals surface area contributed by atoms with E-state index in [-0.39, 0.29) is 5.56 Å². The van der Waals surface area contributed by atoms with E-state index in [1.54, 1.807) is 24.3 Å². The van der Waals surface area contributed by atoms with E-state index in [2.05, 4.69) is 11.8 Å². The Morgan fingerprint density at radius 1 is 1.06 bits per heavy atom. The Morgan fingerprint density at radius 2 is 1.82 bits per heavy atom. The van der Waals surface area contributed by atoms with Crippen molar-refractivity contribution in [1.29, 1.82) is 0 Å². The van der Waals surface area contributed by atoms with Gasteiger partial charge in [0.25, 0.3) is 0 Å². The molecule has 0 aromatic heterocycles. The highest BCUT2D eigenvalue weighted by atomic mass is 16.4. The molecular weight excluding hydrogens is 212 g/mol. The third-order valence-corrected chi connectivity index (χ3v) is 2.57. The molecule has 17 heavy (non-hydrogen) atoms. The van der Waals surface area contributed by atoms with Crippen molar-refractivity contribution in [3.8, 4) is 24.7 Å². The van der Waals surface area contributed by atoms with E-state index in [9.17, 15) is 4.79 Å². The fourth-order valence-electron chi connectivity index (χ4n) is 1.75. The number of benzene rings is 2. The van der Waals surface area contributed by atoms with Crippen LogP contribution in [0.4, 0.5) is 0 Å². The molecule has 0 aliphatic rings. The van der Waals surface area contributed by atoms with Gasteiger partial charge in [-0.05, 0) is 35.0 Å². The maximum absolute atomic E-state index is 11.1. The lowest BCUT2D eigenvalue weighted by atomic mass is 9.98. The molecule has 0 fully saturated rings.